The summed E-state index contributed by atoms with van der Waals surface area (Å²) in [4.78, 5) is 19.1. The average Bonchev–Trinajstić information content (AvgIpc) is 3.58. The van der Waals surface area contributed by atoms with Gasteiger partial charge in [0, 0.05) is 42.6 Å². The summed E-state index contributed by atoms with van der Waals surface area (Å²) in [5.74, 6) is 1.00. The molecule has 200 valence electrons. The van der Waals surface area contributed by atoms with Gasteiger partial charge in [0.15, 0.2) is 5.11 Å². The first-order valence-corrected chi connectivity index (χ1v) is 12.7. The number of carbonyl (C=O) groups excluding carboxylic acids is 1. The first-order chi connectivity index (χ1) is 19.0. The van der Waals surface area contributed by atoms with E-state index in [4.69, 9.17) is 26.4 Å². The van der Waals surface area contributed by atoms with E-state index in [0.29, 0.717) is 16.5 Å². The summed E-state index contributed by atoms with van der Waals surface area (Å²) < 4.78 is 18.1. The van der Waals surface area contributed by atoms with E-state index in [1.807, 2.05) is 77.8 Å². The number of rotatable bonds is 9. The first-order valence-electron chi connectivity index (χ1n) is 12.3. The number of anilines is 2. The molecule has 1 aliphatic rings. The number of nitrogens with zero attached hydrogens (tertiary/aromatic N) is 3. The fourth-order valence-electron chi connectivity index (χ4n) is 4.82. The largest absolute Gasteiger partial charge is 0.497 e. The van der Waals surface area contributed by atoms with Gasteiger partial charge in [0.05, 0.1) is 31.6 Å². The smallest absolute Gasteiger partial charge is 0.250 e. The number of hydrogen-bond acceptors (Lipinski definition) is 6. The minimum atomic E-state index is -0.287. The van der Waals surface area contributed by atoms with Crippen LogP contribution in [0.1, 0.15) is 23.5 Å². The van der Waals surface area contributed by atoms with Crippen LogP contribution in [0.3, 0.4) is 0 Å². The molecule has 0 aliphatic carbocycles. The molecule has 0 unspecified atom stereocenters. The lowest BCUT2D eigenvalue weighted by atomic mass is 10.0. The molecule has 2 aromatic heterocycles. The average molecular weight is 544 g/mol. The number of pyridine rings is 1. The van der Waals surface area contributed by atoms with Gasteiger partial charge < -0.3 is 34.3 Å². The number of methoxy groups -OCH3 is 3. The first kappa shape index (κ1) is 26.2. The molecular weight excluding hydrogens is 514 g/mol. The van der Waals surface area contributed by atoms with Gasteiger partial charge in [-0.25, -0.2) is 0 Å². The van der Waals surface area contributed by atoms with Gasteiger partial charge in [-0.1, -0.05) is 12.1 Å². The molecule has 0 spiro atoms. The molecule has 1 aliphatic heterocycles. The number of hydrogen-bond donors (Lipinski definition) is 2. The van der Waals surface area contributed by atoms with Crippen LogP contribution in [0.5, 0.6) is 11.5 Å². The van der Waals surface area contributed by atoms with Gasteiger partial charge in [-0.2, -0.15) is 0 Å². The summed E-state index contributed by atoms with van der Waals surface area (Å²) in [5.41, 5.74) is 4.10. The highest BCUT2D eigenvalue weighted by Gasteiger charge is 2.42. The Labute approximate surface area is 232 Å². The van der Waals surface area contributed by atoms with Gasteiger partial charge in [0.1, 0.15) is 24.1 Å². The molecule has 0 saturated carbocycles. The van der Waals surface area contributed by atoms with Crippen molar-refractivity contribution in [1.82, 2.24) is 14.9 Å². The maximum Gasteiger partial charge on any atom is 0.250 e. The lowest BCUT2D eigenvalue weighted by Gasteiger charge is -2.29. The van der Waals surface area contributed by atoms with E-state index in [0.717, 1.165) is 28.5 Å². The van der Waals surface area contributed by atoms with Crippen LogP contribution >= 0.6 is 12.2 Å². The Balaban J connectivity index is 1.63. The molecular formula is C29H29N5O4S. The molecule has 4 aromatic rings. The summed E-state index contributed by atoms with van der Waals surface area (Å²) in [6.07, 6.45) is 3.79. The Hall–Kier alpha value is -4.41. The van der Waals surface area contributed by atoms with Crippen molar-refractivity contribution in [1.29, 1.82) is 0 Å². The third-order valence-electron chi connectivity index (χ3n) is 6.52. The molecule has 2 atom stereocenters. The molecule has 39 heavy (non-hydrogen) atoms. The molecule has 5 rings (SSSR count). The number of nitrogens with one attached hydrogen (secondary N) is 2. The Bertz CT molecular complexity index is 1480. The zero-order valence-corrected chi connectivity index (χ0v) is 22.6. The van der Waals surface area contributed by atoms with Crippen LogP contribution in [-0.4, -0.2) is 48.5 Å². The van der Waals surface area contributed by atoms with Gasteiger partial charge in [0.2, 0.25) is 5.91 Å². The fraction of sp³-hybridized carbons (Fsp3) is 0.207. The Morgan fingerprint density at radius 1 is 1.00 bits per heavy atom. The quantitative estimate of drug-likeness (QED) is 0.295. The molecule has 0 bridgehead atoms. The summed E-state index contributed by atoms with van der Waals surface area (Å²) in [6.45, 7) is -0.0739. The highest BCUT2D eigenvalue weighted by Crippen LogP contribution is 2.44. The second-order valence-corrected chi connectivity index (χ2v) is 9.25. The van der Waals surface area contributed by atoms with Crippen molar-refractivity contribution in [2.75, 3.05) is 38.2 Å². The van der Waals surface area contributed by atoms with Crippen molar-refractivity contribution in [3.05, 3.63) is 96.6 Å². The monoisotopic (exact) mass is 543 g/mol. The maximum absolute atomic E-state index is 12.4. The van der Waals surface area contributed by atoms with Gasteiger partial charge in [-0.05, 0) is 66.8 Å². The van der Waals surface area contributed by atoms with Crippen molar-refractivity contribution < 1.29 is 19.0 Å². The molecule has 2 aromatic carbocycles. The van der Waals surface area contributed by atoms with Crippen molar-refractivity contribution in [2.24, 2.45) is 0 Å². The summed E-state index contributed by atoms with van der Waals surface area (Å²) >= 11 is 5.90. The van der Waals surface area contributed by atoms with Crippen LogP contribution in [0.2, 0.25) is 0 Å². The lowest BCUT2D eigenvalue weighted by Crippen LogP contribution is -2.30. The topological polar surface area (TPSA) is 89.9 Å². The van der Waals surface area contributed by atoms with Crippen molar-refractivity contribution in [3.8, 4) is 17.2 Å². The van der Waals surface area contributed by atoms with Gasteiger partial charge in [-0.3, -0.25) is 9.78 Å². The van der Waals surface area contributed by atoms with E-state index in [9.17, 15) is 4.79 Å². The Morgan fingerprint density at radius 3 is 2.62 bits per heavy atom. The van der Waals surface area contributed by atoms with E-state index >= 15 is 0 Å². The molecule has 9 nitrogen and oxygen atoms in total. The third kappa shape index (κ3) is 5.29. The fourth-order valence-corrected chi connectivity index (χ4v) is 5.17. The predicted molar refractivity (Wildman–Crippen MR) is 154 cm³/mol. The van der Waals surface area contributed by atoms with E-state index in [-0.39, 0.29) is 24.6 Å². The molecule has 0 radical (unpaired) electrons. The molecule has 1 amide bonds. The standard InChI is InChI=1S/C29H29N5O4S/c1-36-18-26(35)31-23-17-20(12-13-25(23)38-3)34-28(27(32-29(34)39)22-10-4-5-14-30-22)24-11-7-15-33(24)19-8-6-9-21(16-19)37-2/h4-17,27-28H,18H2,1-3H3,(H,31,35)(H,32,39)/t27-,28+/m1/s1. The predicted octanol–water partition coefficient (Wildman–Crippen LogP) is 4.65. The summed E-state index contributed by atoms with van der Waals surface area (Å²) in [5, 5.41) is 6.89. The van der Waals surface area contributed by atoms with Crippen molar-refractivity contribution >= 4 is 34.6 Å². The minimum absolute atomic E-state index is 0.0739. The number of ether oxygens (including phenoxy) is 3. The van der Waals surface area contributed by atoms with Gasteiger partial charge >= 0.3 is 0 Å². The summed E-state index contributed by atoms with van der Waals surface area (Å²) in [6, 6.07) is 22.9. The number of amides is 1. The van der Waals surface area contributed by atoms with Crippen LogP contribution < -0.4 is 25.0 Å². The van der Waals surface area contributed by atoms with Crippen molar-refractivity contribution in [3.63, 3.8) is 0 Å². The molecule has 10 heteroatoms. The van der Waals surface area contributed by atoms with E-state index in [1.54, 1.807) is 20.4 Å². The minimum Gasteiger partial charge on any atom is -0.497 e. The van der Waals surface area contributed by atoms with E-state index in [2.05, 4.69) is 26.3 Å². The van der Waals surface area contributed by atoms with E-state index in [1.165, 1.54) is 7.11 Å². The number of carbonyl (C=O) groups is 1. The van der Waals surface area contributed by atoms with Crippen LogP contribution in [-0.2, 0) is 9.53 Å². The van der Waals surface area contributed by atoms with Crippen LogP contribution in [0, 0.1) is 0 Å². The SMILES string of the molecule is COCC(=O)Nc1cc(N2C(=S)N[C@H](c3ccccn3)[C@@H]2c2cccn2-c2cccc(OC)c2)ccc1OC. The van der Waals surface area contributed by atoms with Crippen molar-refractivity contribution in [2.45, 2.75) is 12.1 Å². The Morgan fingerprint density at radius 2 is 1.87 bits per heavy atom. The second kappa shape index (κ2) is 11.5. The van der Waals surface area contributed by atoms with Gasteiger partial charge in [-0.15, -0.1) is 0 Å². The number of benzene rings is 2. The lowest BCUT2D eigenvalue weighted by molar-refractivity contribution is -0.119. The number of thiocarbonyl (C=S) groups is 1. The number of aromatic nitrogens is 2. The zero-order chi connectivity index (χ0) is 27.4. The molecule has 2 N–H and O–H groups in total. The van der Waals surface area contributed by atoms with E-state index < -0.39 is 0 Å². The highest BCUT2D eigenvalue weighted by molar-refractivity contribution is 7.80. The third-order valence-corrected chi connectivity index (χ3v) is 6.84. The normalized spacial score (nSPS) is 16.6. The van der Waals surface area contributed by atoms with Crippen LogP contribution in [0.15, 0.2) is 85.2 Å². The molecule has 1 saturated heterocycles. The Kier molecular flexibility index (Phi) is 7.76. The van der Waals surface area contributed by atoms with Gasteiger partial charge in [0.25, 0.3) is 0 Å². The van der Waals surface area contributed by atoms with Crippen LogP contribution in [0.25, 0.3) is 5.69 Å². The van der Waals surface area contributed by atoms with Crippen LogP contribution in [0.4, 0.5) is 11.4 Å². The zero-order valence-electron chi connectivity index (χ0n) is 21.8. The summed E-state index contributed by atoms with van der Waals surface area (Å²) in [7, 11) is 4.69. The molecule has 3 heterocycles. The highest BCUT2D eigenvalue weighted by atomic mass is 32.1. The maximum atomic E-state index is 12.4. The molecule has 1 fully saturated rings. The second-order valence-electron chi connectivity index (χ2n) is 8.87.